The smallest absolute Gasteiger partial charge is 0.319 e. The van der Waals surface area contributed by atoms with Crippen LogP contribution < -0.4 is 0 Å². The van der Waals surface area contributed by atoms with Gasteiger partial charge in [-0.05, 0) is 25.7 Å². The Bertz CT molecular complexity index is 225. The predicted molar refractivity (Wildman–Crippen MR) is 55.8 cm³/mol. The molecule has 0 unspecified atom stereocenters. The second kappa shape index (κ2) is 6.14. The average Bonchev–Trinajstić information content (AvgIpc) is 2.90. The summed E-state index contributed by atoms with van der Waals surface area (Å²) >= 11 is 0. The number of amides is 2. The molecule has 2 fully saturated rings. The van der Waals surface area contributed by atoms with Crippen molar-refractivity contribution in [1.82, 2.24) is 9.80 Å². The summed E-state index contributed by atoms with van der Waals surface area (Å²) in [6.07, 6.45) is 4.78. The molecule has 92 valence electrons. The topological polar surface area (TPSA) is 86.9 Å². The number of urea groups is 1. The van der Waals surface area contributed by atoms with E-state index in [9.17, 15) is 4.79 Å². The maximum atomic E-state index is 11.7. The van der Waals surface area contributed by atoms with Crippen LogP contribution in [-0.4, -0.2) is 52.3 Å². The molecule has 0 aromatic rings. The lowest BCUT2D eigenvalue weighted by Gasteiger charge is -2.23. The van der Waals surface area contributed by atoms with Crippen LogP contribution in [0.15, 0.2) is 0 Å². The highest BCUT2D eigenvalue weighted by atomic mass is 16.9. The molecular weight excluding hydrogens is 214 g/mol. The lowest BCUT2D eigenvalue weighted by molar-refractivity contribution is -0.742. The summed E-state index contributed by atoms with van der Waals surface area (Å²) in [6, 6.07) is 0.282. The van der Waals surface area contributed by atoms with Crippen LogP contribution in [0.4, 0.5) is 4.79 Å². The maximum absolute atomic E-state index is 11.7. The lowest BCUT2D eigenvalue weighted by Crippen LogP contribution is -2.39. The molecule has 7 heteroatoms. The highest BCUT2D eigenvalue weighted by Crippen LogP contribution is 2.14. The first-order valence-electron chi connectivity index (χ1n) is 5.48. The van der Waals surface area contributed by atoms with E-state index in [1.807, 2.05) is 9.80 Å². The van der Waals surface area contributed by atoms with E-state index < -0.39 is 5.09 Å². The number of hydrogen-bond donors (Lipinski definition) is 1. The Hall–Kier alpha value is -1.53. The summed E-state index contributed by atoms with van der Waals surface area (Å²) in [5.41, 5.74) is 0. The second-order valence-corrected chi connectivity index (χ2v) is 3.91. The fraction of sp³-hybridized carbons (Fsp3) is 0.889. The van der Waals surface area contributed by atoms with Gasteiger partial charge in [0.2, 0.25) is 0 Å². The number of nitrogens with zero attached hydrogens (tertiary/aromatic N) is 3. The third kappa shape index (κ3) is 3.92. The molecule has 2 rings (SSSR count). The predicted octanol–water partition coefficient (Wildman–Crippen LogP) is 0.950. The number of likely N-dealkylation sites (tertiary alicyclic amines) is 2. The van der Waals surface area contributed by atoms with Crippen LogP contribution in [0.2, 0.25) is 0 Å². The van der Waals surface area contributed by atoms with Crippen LogP contribution in [0.25, 0.3) is 0 Å². The van der Waals surface area contributed by atoms with Gasteiger partial charge in [0.25, 0.3) is 5.09 Å². The van der Waals surface area contributed by atoms with Crippen LogP contribution in [0.5, 0.6) is 0 Å². The lowest BCUT2D eigenvalue weighted by atomic mass is 10.4. The SMILES string of the molecule is O=C(N1CCCC1)N1CCCC1.O=[N+]([O-])O. The van der Waals surface area contributed by atoms with Gasteiger partial charge in [-0.15, -0.1) is 10.1 Å². The summed E-state index contributed by atoms with van der Waals surface area (Å²) in [5, 5.41) is 13.6. The number of carbonyl (C=O) groups excluding carboxylic acids is 1. The fourth-order valence-corrected chi connectivity index (χ4v) is 2.02. The molecule has 2 amide bonds. The van der Waals surface area contributed by atoms with Crippen LogP contribution in [0, 0.1) is 10.1 Å². The molecule has 7 nitrogen and oxygen atoms in total. The zero-order valence-corrected chi connectivity index (χ0v) is 9.17. The quantitative estimate of drug-likeness (QED) is 0.496. The van der Waals surface area contributed by atoms with Crippen LogP contribution in [-0.2, 0) is 0 Å². The Labute approximate surface area is 93.7 Å². The van der Waals surface area contributed by atoms with Gasteiger partial charge in [0.1, 0.15) is 0 Å². The molecule has 0 aliphatic carbocycles. The van der Waals surface area contributed by atoms with Gasteiger partial charge in [-0.25, -0.2) is 4.79 Å². The molecule has 0 saturated carbocycles. The third-order valence-electron chi connectivity index (χ3n) is 2.75. The Morgan fingerprint density at radius 3 is 1.50 bits per heavy atom. The summed E-state index contributed by atoms with van der Waals surface area (Å²) in [7, 11) is 0. The maximum Gasteiger partial charge on any atom is 0.319 e. The van der Waals surface area contributed by atoms with Crippen molar-refractivity contribution in [3.05, 3.63) is 10.1 Å². The van der Waals surface area contributed by atoms with E-state index in [0.717, 1.165) is 26.2 Å². The van der Waals surface area contributed by atoms with Crippen LogP contribution in [0.3, 0.4) is 0 Å². The third-order valence-corrected chi connectivity index (χ3v) is 2.75. The van der Waals surface area contributed by atoms with Gasteiger partial charge in [-0.2, -0.15) is 0 Å². The minimum Gasteiger partial charge on any atom is -0.328 e. The largest absolute Gasteiger partial charge is 0.328 e. The molecule has 2 aliphatic rings. The van der Waals surface area contributed by atoms with E-state index in [-0.39, 0.29) is 6.03 Å². The Morgan fingerprint density at radius 2 is 1.25 bits per heavy atom. The number of rotatable bonds is 0. The Kier molecular flexibility index (Phi) is 4.81. The van der Waals surface area contributed by atoms with Crippen molar-refractivity contribution in [2.24, 2.45) is 0 Å². The van der Waals surface area contributed by atoms with Gasteiger partial charge in [0.15, 0.2) is 0 Å². The van der Waals surface area contributed by atoms with Crippen LogP contribution >= 0.6 is 0 Å². The van der Waals surface area contributed by atoms with Crippen molar-refractivity contribution in [1.29, 1.82) is 0 Å². The Morgan fingerprint density at radius 1 is 1.00 bits per heavy atom. The van der Waals surface area contributed by atoms with E-state index in [1.54, 1.807) is 0 Å². The molecule has 16 heavy (non-hydrogen) atoms. The van der Waals surface area contributed by atoms with Crippen molar-refractivity contribution in [3.63, 3.8) is 0 Å². The van der Waals surface area contributed by atoms with E-state index in [2.05, 4.69) is 0 Å². The van der Waals surface area contributed by atoms with Gasteiger partial charge >= 0.3 is 6.03 Å². The first-order chi connectivity index (χ1) is 7.61. The minimum absolute atomic E-state index is 0.282. The van der Waals surface area contributed by atoms with Crippen molar-refractivity contribution in [2.75, 3.05) is 26.2 Å². The summed E-state index contributed by atoms with van der Waals surface area (Å²) in [4.78, 5) is 24.0. The normalized spacial score (nSPS) is 19.2. The molecule has 0 aromatic heterocycles. The minimum atomic E-state index is -1.50. The van der Waals surface area contributed by atoms with E-state index in [4.69, 9.17) is 15.3 Å². The highest BCUT2D eigenvalue weighted by molar-refractivity contribution is 5.74. The molecule has 0 atom stereocenters. The molecule has 2 heterocycles. The van der Waals surface area contributed by atoms with Crippen LogP contribution in [0.1, 0.15) is 25.7 Å². The fourth-order valence-electron chi connectivity index (χ4n) is 2.02. The molecule has 1 N–H and O–H groups in total. The molecular formula is C9H17N3O4. The van der Waals surface area contributed by atoms with E-state index >= 15 is 0 Å². The van der Waals surface area contributed by atoms with Gasteiger partial charge in [-0.3, -0.25) is 0 Å². The first-order valence-corrected chi connectivity index (χ1v) is 5.48. The summed E-state index contributed by atoms with van der Waals surface area (Å²) in [5.74, 6) is 0. The number of carbonyl (C=O) groups is 1. The number of hydrogen-bond acceptors (Lipinski definition) is 3. The molecule has 0 radical (unpaired) electrons. The summed E-state index contributed by atoms with van der Waals surface area (Å²) in [6.45, 7) is 3.93. The standard InChI is InChI=1S/C9H16N2O.HNO3/c12-9(10-5-1-2-6-10)11-7-3-4-8-11;2-1(3)4/h1-8H2;(H,2,3,4). The summed E-state index contributed by atoms with van der Waals surface area (Å²) < 4.78 is 0. The van der Waals surface area contributed by atoms with Crippen molar-refractivity contribution in [2.45, 2.75) is 25.7 Å². The van der Waals surface area contributed by atoms with Crippen molar-refractivity contribution in [3.8, 4) is 0 Å². The van der Waals surface area contributed by atoms with E-state index in [1.165, 1.54) is 25.7 Å². The zero-order chi connectivity index (χ0) is 12.0. The molecule has 0 spiro atoms. The zero-order valence-electron chi connectivity index (χ0n) is 9.17. The monoisotopic (exact) mass is 231 g/mol. The highest BCUT2D eigenvalue weighted by Gasteiger charge is 2.25. The first kappa shape index (κ1) is 12.5. The second-order valence-electron chi connectivity index (χ2n) is 3.91. The van der Waals surface area contributed by atoms with Crippen molar-refractivity contribution >= 4 is 6.03 Å². The molecule has 0 bridgehead atoms. The molecule has 2 saturated heterocycles. The molecule has 0 aromatic carbocycles. The Balaban J connectivity index is 0.000000280. The van der Waals surface area contributed by atoms with Crippen molar-refractivity contribution < 1.29 is 15.1 Å². The van der Waals surface area contributed by atoms with Gasteiger partial charge in [0.05, 0.1) is 0 Å². The van der Waals surface area contributed by atoms with Gasteiger partial charge in [-0.1, -0.05) is 0 Å². The molecule has 2 aliphatic heterocycles. The van der Waals surface area contributed by atoms with Gasteiger partial charge in [0, 0.05) is 26.2 Å². The average molecular weight is 231 g/mol. The van der Waals surface area contributed by atoms with Gasteiger partial charge < -0.3 is 15.0 Å². The van der Waals surface area contributed by atoms with E-state index in [0.29, 0.717) is 0 Å².